The molecule has 240 valence electrons. The fourth-order valence-corrected chi connectivity index (χ4v) is 4.58. The van der Waals surface area contributed by atoms with Gasteiger partial charge in [-0.2, -0.15) is 0 Å². The van der Waals surface area contributed by atoms with Crippen LogP contribution in [0.1, 0.15) is 81.9 Å². The van der Waals surface area contributed by atoms with E-state index in [0.29, 0.717) is 50.0 Å². The molecule has 2 aromatic rings. The SMILES string of the molecule is C[C@@H](C(=O)NCCCOc1cccc(Nc2nc(NC3CCOCC3)c(C3CC3)nc2C(N)=O)c1)N(C)C(=O)OC(C)(C)C. The molecule has 0 spiro atoms. The average Bonchev–Trinajstić information content (AvgIpc) is 3.81. The Morgan fingerprint density at radius 2 is 1.84 bits per heavy atom. The van der Waals surface area contributed by atoms with Crippen molar-refractivity contribution in [1.82, 2.24) is 20.2 Å². The van der Waals surface area contributed by atoms with Gasteiger partial charge in [0, 0.05) is 50.5 Å². The summed E-state index contributed by atoms with van der Waals surface area (Å²) in [5, 5.41) is 9.55. The molecule has 0 unspecified atom stereocenters. The van der Waals surface area contributed by atoms with Crippen molar-refractivity contribution in [3.05, 3.63) is 35.7 Å². The minimum atomic E-state index is -0.687. The second kappa shape index (κ2) is 14.6. The first-order valence-electron chi connectivity index (χ1n) is 15.2. The normalized spacial score (nSPS) is 16.0. The first kappa shape index (κ1) is 32.8. The average molecular weight is 612 g/mol. The molecule has 1 aromatic carbocycles. The smallest absolute Gasteiger partial charge is 0.410 e. The molecule has 13 heteroatoms. The first-order valence-corrected chi connectivity index (χ1v) is 15.2. The number of nitrogens with zero attached hydrogens (tertiary/aromatic N) is 3. The number of ether oxygens (including phenoxy) is 3. The van der Waals surface area contributed by atoms with Crippen LogP contribution in [0.5, 0.6) is 5.75 Å². The highest BCUT2D eigenvalue weighted by molar-refractivity contribution is 5.96. The minimum Gasteiger partial charge on any atom is -0.493 e. The van der Waals surface area contributed by atoms with E-state index < -0.39 is 23.6 Å². The molecule has 3 amide bonds. The van der Waals surface area contributed by atoms with Gasteiger partial charge in [-0.15, -0.1) is 0 Å². The molecule has 1 saturated heterocycles. The fourth-order valence-electron chi connectivity index (χ4n) is 4.58. The van der Waals surface area contributed by atoms with Gasteiger partial charge < -0.3 is 35.9 Å². The Balaban J connectivity index is 1.32. The van der Waals surface area contributed by atoms with Gasteiger partial charge in [0.2, 0.25) is 5.91 Å². The van der Waals surface area contributed by atoms with Gasteiger partial charge >= 0.3 is 6.09 Å². The van der Waals surface area contributed by atoms with E-state index in [1.807, 2.05) is 18.2 Å². The zero-order chi connectivity index (χ0) is 31.9. The molecule has 1 atom stereocenters. The second-order valence-corrected chi connectivity index (χ2v) is 12.2. The van der Waals surface area contributed by atoms with Crippen LogP contribution in [0, 0.1) is 0 Å². The number of primary amides is 1. The highest BCUT2D eigenvalue weighted by Crippen LogP contribution is 2.43. The maximum Gasteiger partial charge on any atom is 0.410 e. The number of hydrogen-bond acceptors (Lipinski definition) is 10. The van der Waals surface area contributed by atoms with Gasteiger partial charge in [-0.25, -0.2) is 14.8 Å². The Hall–Kier alpha value is -4.13. The number of amides is 3. The van der Waals surface area contributed by atoms with Crippen LogP contribution in [0.15, 0.2) is 24.3 Å². The molecule has 2 heterocycles. The van der Waals surface area contributed by atoms with Crippen molar-refractivity contribution in [3.63, 3.8) is 0 Å². The number of aromatic nitrogens is 2. The van der Waals surface area contributed by atoms with Crippen LogP contribution in [0.25, 0.3) is 0 Å². The van der Waals surface area contributed by atoms with Gasteiger partial charge in [-0.3, -0.25) is 14.5 Å². The van der Waals surface area contributed by atoms with E-state index in [9.17, 15) is 14.4 Å². The van der Waals surface area contributed by atoms with E-state index in [4.69, 9.17) is 24.9 Å². The summed E-state index contributed by atoms with van der Waals surface area (Å²) in [4.78, 5) is 47.8. The Kier molecular flexibility index (Phi) is 10.8. The van der Waals surface area contributed by atoms with Crippen molar-refractivity contribution in [3.8, 4) is 5.75 Å². The van der Waals surface area contributed by atoms with Crippen molar-refractivity contribution in [1.29, 1.82) is 0 Å². The number of nitrogens with two attached hydrogens (primary N) is 1. The standard InChI is InChI=1S/C31H45N7O6/c1-19(38(5)30(41)44-31(2,3)4)29(40)33-14-7-15-43-23-9-6-8-22(18-23)35-28-25(26(32)39)36-24(20-10-11-20)27(37-28)34-21-12-16-42-17-13-21/h6,8-9,18-21H,7,10-17H2,1-5H3,(H2,32,39)(H,33,40)(H2,34,35,37)/t19-/m0/s1. The molecule has 5 N–H and O–H groups in total. The van der Waals surface area contributed by atoms with Crippen molar-refractivity contribution in [2.45, 2.75) is 83.4 Å². The number of hydrogen-bond donors (Lipinski definition) is 4. The quantitative estimate of drug-likeness (QED) is 0.243. The Morgan fingerprint density at radius 3 is 2.50 bits per heavy atom. The highest BCUT2D eigenvalue weighted by atomic mass is 16.6. The highest BCUT2D eigenvalue weighted by Gasteiger charge is 2.32. The summed E-state index contributed by atoms with van der Waals surface area (Å²) in [7, 11) is 1.53. The monoisotopic (exact) mass is 611 g/mol. The van der Waals surface area contributed by atoms with Crippen molar-refractivity contribution < 1.29 is 28.6 Å². The van der Waals surface area contributed by atoms with Gasteiger partial charge in [0.25, 0.3) is 5.91 Å². The van der Waals surface area contributed by atoms with E-state index in [1.54, 1.807) is 33.8 Å². The fraction of sp³-hybridized carbons (Fsp3) is 0.581. The molecule has 4 rings (SSSR count). The molecule has 0 bridgehead atoms. The molecular formula is C31H45N7O6. The van der Waals surface area contributed by atoms with Gasteiger partial charge in [0.05, 0.1) is 12.3 Å². The predicted octanol–water partition coefficient (Wildman–Crippen LogP) is 3.93. The third-order valence-electron chi connectivity index (χ3n) is 7.31. The molecule has 2 aliphatic rings. The van der Waals surface area contributed by atoms with Crippen LogP contribution in [-0.2, 0) is 14.3 Å². The van der Waals surface area contributed by atoms with E-state index in [0.717, 1.165) is 31.4 Å². The van der Waals surface area contributed by atoms with E-state index >= 15 is 0 Å². The van der Waals surface area contributed by atoms with Crippen LogP contribution in [0.2, 0.25) is 0 Å². The zero-order valence-corrected chi connectivity index (χ0v) is 26.3. The molecular weight excluding hydrogens is 566 g/mol. The van der Waals surface area contributed by atoms with Gasteiger partial charge in [0.15, 0.2) is 17.3 Å². The van der Waals surface area contributed by atoms with Crippen molar-refractivity contribution >= 4 is 35.2 Å². The molecule has 1 aliphatic carbocycles. The predicted molar refractivity (Wildman–Crippen MR) is 166 cm³/mol. The van der Waals surface area contributed by atoms with Gasteiger partial charge in [-0.05, 0) is 71.9 Å². The van der Waals surface area contributed by atoms with Crippen LogP contribution < -0.4 is 26.4 Å². The lowest BCUT2D eigenvalue weighted by atomic mass is 10.1. The number of likely N-dealkylation sites (N-methyl/N-ethyl adjacent to an activating group) is 1. The van der Waals surface area contributed by atoms with Crippen LogP contribution >= 0.6 is 0 Å². The number of nitrogens with one attached hydrogen (secondary N) is 3. The Morgan fingerprint density at radius 1 is 1.11 bits per heavy atom. The summed E-state index contributed by atoms with van der Waals surface area (Å²) in [5.41, 5.74) is 6.60. The lowest BCUT2D eigenvalue weighted by molar-refractivity contribution is -0.125. The molecule has 1 aromatic heterocycles. The Labute approximate surface area is 258 Å². The van der Waals surface area contributed by atoms with Crippen LogP contribution in [-0.4, -0.2) is 83.9 Å². The third-order valence-corrected chi connectivity index (χ3v) is 7.31. The summed E-state index contributed by atoms with van der Waals surface area (Å²) in [6, 6.07) is 6.80. The lowest BCUT2D eigenvalue weighted by Crippen LogP contribution is -2.47. The molecule has 0 radical (unpaired) electrons. The summed E-state index contributed by atoms with van der Waals surface area (Å²) < 4.78 is 16.7. The molecule has 1 aliphatic heterocycles. The summed E-state index contributed by atoms with van der Waals surface area (Å²) >= 11 is 0. The number of carbonyl (C=O) groups excluding carboxylic acids is 3. The van der Waals surface area contributed by atoms with E-state index in [2.05, 4.69) is 20.9 Å². The zero-order valence-electron chi connectivity index (χ0n) is 26.3. The maximum atomic E-state index is 12.5. The van der Waals surface area contributed by atoms with Crippen LogP contribution in [0.4, 0.5) is 22.1 Å². The molecule has 44 heavy (non-hydrogen) atoms. The van der Waals surface area contributed by atoms with E-state index in [1.165, 1.54) is 11.9 Å². The third kappa shape index (κ3) is 9.43. The number of rotatable bonds is 13. The van der Waals surface area contributed by atoms with Gasteiger partial charge in [0.1, 0.15) is 17.4 Å². The number of benzene rings is 1. The minimum absolute atomic E-state index is 0.0954. The number of anilines is 3. The summed E-state index contributed by atoms with van der Waals surface area (Å²) in [6.07, 6.45) is 3.75. The maximum absolute atomic E-state index is 12.5. The van der Waals surface area contributed by atoms with E-state index in [-0.39, 0.29) is 29.4 Å². The molecule has 1 saturated carbocycles. The summed E-state index contributed by atoms with van der Waals surface area (Å²) in [6.45, 7) is 9.07. The lowest BCUT2D eigenvalue weighted by Gasteiger charge is -2.28. The van der Waals surface area contributed by atoms with Gasteiger partial charge in [-0.1, -0.05) is 6.07 Å². The van der Waals surface area contributed by atoms with Crippen molar-refractivity contribution in [2.75, 3.05) is 44.0 Å². The first-order chi connectivity index (χ1) is 20.9. The van der Waals surface area contributed by atoms with Crippen molar-refractivity contribution in [2.24, 2.45) is 5.73 Å². The Bertz CT molecular complexity index is 1320. The molecule has 13 nitrogen and oxygen atoms in total. The van der Waals surface area contributed by atoms with Crippen LogP contribution in [0.3, 0.4) is 0 Å². The number of carbonyl (C=O) groups is 3. The summed E-state index contributed by atoms with van der Waals surface area (Å²) in [5.74, 6) is 0.889. The molecule has 2 fully saturated rings. The largest absolute Gasteiger partial charge is 0.493 e. The topological polar surface area (TPSA) is 170 Å². The second-order valence-electron chi connectivity index (χ2n) is 12.2.